The highest BCUT2D eigenvalue weighted by molar-refractivity contribution is 6.05. The van der Waals surface area contributed by atoms with E-state index in [1.54, 1.807) is 19.1 Å². The maximum Gasteiger partial charge on any atom is 0.340 e. The predicted octanol–water partition coefficient (Wildman–Crippen LogP) is 1.40. The molecule has 1 heterocycles. The van der Waals surface area contributed by atoms with Crippen molar-refractivity contribution >= 4 is 23.5 Å². The highest BCUT2D eigenvalue weighted by atomic mass is 16.5. The summed E-state index contributed by atoms with van der Waals surface area (Å²) in [7, 11) is 2.77. The molecule has 1 aliphatic heterocycles. The Morgan fingerprint density at radius 3 is 2.65 bits per heavy atom. The minimum Gasteiger partial charge on any atom is -0.497 e. The average Bonchev–Trinajstić information content (AvgIpc) is 2.95. The smallest absolute Gasteiger partial charge is 0.340 e. The van der Waals surface area contributed by atoms with E-state index in [2.05, 4.69) is 4.74 Å². The number of carbonyl (C=O) groups excluding carboxylic acids is 3. The Bertz CT molecular complexity index is 627. The first-order valence-corrected chi connectivity index (χ1v) is 7.25. The molecule has 0 spiro atoms. The lowest BCUT2D eigenvalue weighted by atomic mass is 10.1. The fourth-order valence-electron chi connectivity index (χ4n) is 2.51. The van der Waals surface area contributed by atoms with Crippen molar-refractivity contribution in [3.63, 3.8) is 0 Å². The topological polar surface area (TPSA) is 82.1 Å². The Kier molecular flexibility index (Phi) is 5.20. The number of carbonyl (C=O) groups is 3. The molecule has 0 bridgehead atoms. The van der Waals surface area contributed by atoms with Gasteiger partial charge in [0.15, 0.2) is 0 Å². The van der Waals surface area contributed by atoms with E-state index in [0.717, 1.165) is 0 Å². The zero-order valence-electron chi connectivity index (χ0n) is 13.3. The zero-order valence-corrected chi connectivity index (χ0v) is 13.3. The van der Waals surface area contributed by atoms with Crippen LogP contribution in [0.25, 0.3) is 0 Å². The second kappa shape index (κ2) is 7.13. The van der Waals surface area contributed by atoms with Crippen LogP contribution >= 0.6 is 0 Å². The van der Waals surface area contributed by atoms with E-state index in [0.29, 0.717) is 11.4 Å². The molecule has 0 radical (unpaired) electrons. The zero-order chi connectivity index (χ0) is 17.0. The van der Waals surface area contributed by atoms with Crippen molar-refractivity contribution < 1.29 is 28.6 Å². The number of ether oxygens (including phenoxy) is 3. The third-order valence-electron chi connectivity index (χ3n) is 3.65. The van der Waals surface area contributed by atoms with Gasteiger partial charge < -0.3 is 19.1 Å². The van der Waals surface area contributed by atoms with Crippen LogP contribution in [0.15, 0.2) is 18.2 Å². The quantitative estimate of drug-likeness (QED) is 0.762. The molecule has 0 aromatic heterocycles. The number of rotatable bonds is 5. The first-order valence-electron chi connectivity index (χ1n) is 7.25. The molecule has 0 aliphatic carbocycles. The molecule has 7 heteroatoms. The molecule has 1 aromatic rings. The van der Waals surface area contributed by atoms with Gasteiger partial charge in [-0.05, 0) is 25.1 Å². The average molecular weight is 321 g/mol. The Morgan fingerprint density at radius 1 is 1.30 bits per heavy atom. The number of benzene rings is 1. The molecule has 1 aliphatic rings. The van der Waals surface area contributed by atoms with E-state index in [4.69, 9.17) is 9.47 Å². The van der Waals surface area contributed by atoms with Crippen LogP contribution in [-0.4, -0.2) is 45.2 Å². The van der Waals surface area contributed by atoms with Crippen molar-refractivity contribution in [3.05, 3.63) is 23.8 Å². The van der Waals surface area contributed by atoms with Gasteiger partial charge in [0, 0.05) is 13.0 Å². The summed E-state index contributed by atoms with van der Waals surface area (Å²) in [6.07, 6.45) is 0.0565. The van der Waals surface area contributed by atoms with E-state index in [9.17, 15) is 14.4 Å². The first-order chi connectivity index (χ1) is 11.0. The van der Waals surface area contributed by atoms with Gasteiger partial charge in [-0.3, -0.25) is 9.59 Å². The highest BCUT2D eigenvalue weighted by Crippen LogP contribution is 2.31. The van der Waals surface area contributed by atoms with Crippen LogP contribution in [0.5, 0.6) is 5.75 Å². The molecule has 23 heavy (non-hydrogen) atoms. The van der Waals surface area contributed by atoms with E-state index in [1.165, 1.54) is 25.2 Å². The molecule has 0 saturated carbocycles. The summed E-state index contributed by atoms with van der Waals surface area (Å²) in [6.45, 7) is 2.09. The summed E-state index contributed by atoms with van der Waals surface area (Å²) >= 11 is 0. The lowest BCUT2D eigenvalue weighted by Gasteiger charge is -2.20. The largest absolute Gasteiger partial charge is 0.497 e. The summed E-state index contributed by atoms with van der Waals surface area (Å²) in [6, 6.07) is 4.78. The minimum atomic E-state index is -0.546. The van der Waals surface area contributed by atoms with E-state index in [1.807, 2.05) is 0 Å². The molecular formula is C16H19NO6. The monoisotopic (exact) mass is 321 g/mol. The van der Waals surface area contributed by atoms with Gasteiger partial charge in [0.25, 0.3) is 0 Å². The van der Waals surface area contributed by atoms with Crippen molar-refractivity contribution in [2.24, 2.45) is 5.92 Å². The number of hydrogen-bond donors (Lipinski definition) is 0. The van der Waals surface area contributed by atoms with Crippen LogP contribution in [0, 0.1) is 5.92 Å². The normalized spacial score (nSPS) is 17.1. The van der Waals surface area contributed by atoms with E-state index < -0.39 is 17.9 Å². The number of methoxy groups -OCH3 is 2. The van der Waals surface area contributed by atoms with Gasteiger partial charge in [0.2, 0.25) is 5.91 Å². The summed E-state index contributed by atoms with van der Waals surface area (Å²) in [4.78, 5) is 37.4. The van der Waals surface area contributed by atoms with Crippen LogP contribution in [0.1, 0.15) is 23.7 Å². The molecule has 2 rings (SSSR count). The number of hydrogen-bond acceptors (Lipinski definition) is 6. The predicted molar refractivity (Wildman–Crippen MR) is 81.4 cm³/mol. The lowest BCUT2D eigenvalue weighted by Crippen LogP contribution is -2.28. The van der Waals surface area contributed by atoms with Gasteiger partial charge in [-0.2, -0.15) is 0 Å². The van der Waals surface area contributed by atoms with Gasteiger partial charge >= 0.3 is 11.9 Å². The van der Waals surface area contributed by atoms with Crippen molar-refractivity contribution in [1.82, 2.24) is 0 Å². The second-order valence-corrected chi connectivity index (χ2v) is 5.03. The molecule has 1 unspecified atom stereocenters. The summed E-state index contributed by atoms with van der Waals surface area (Å²) < 4.78 is 14.8. The Morgan fingerprint density at radius 2 is 2.04 bits per heavy atom. The standard InChI is InChI=1S/C16H19NO6/c1-4-23-16(20)12-8-11(21-2)5-6-13(12)17-9-10(7-14(17)18)15(19)22-3/h5-6,8,10H,4,7,9H2,1-3H3. The third kappa shape index (κ3) is 3.44. The number of anilines is 1. The molecule has 1 aromatic carbocycles. The van der Waals surface area contributed by atoms with Crippen LogP contribution in [-0.2, 0) is 19.1 Å². The third-order valence-corrected chi connectivity index (χ3v) is 3.65. The van der Waals surface area contributed by atoms with Gasteiger partial charge in [-0.15, -0.1) is 0 Å². The maximum absolute atomic E-state index is 12.2. The molecule has 1 atom stereocenters. The second-order valence-electron chi connectivity index (χ2n) is 5.03. The number of amides is 1. The Labute approximate surface area is 134 Å². The van der Waals surface area contributed by atoms with Crippen LogP contribution < -0.4 is 9.64 Å². The molecule has 124 valence electrons. The van der Waals surface area contributed by atoms with Gasteiger partial charge in [-0.25, -0.2) is 4.79 Å². The van der Waals surface area contributed by atoms with Gasteiger partial charge in [0.05, 0.1) is 38.0 Å². The summed E-state index contributed by atoms with van der Waals surface area (Å²) in [5.74, 6) is -1.28. The van der Waals surface area contributed by atoms with Crippen molar-refractivity contribution in [2.75, 3.05) is 32.3 Å². The van der Waals surface area contributed by atoms with Gasteiger partial charge in [-0.1, -0.05) is 0 Å². The van der Waals surface area contributed by atoms with Gasteiger partial charge in [0.1, 0.15) is 5.75 Å². The van der Waals surface area contributed by atoms with Crippen molar-refractivity contribution in [1.29, 1.82) is 0 Å². The van der Waals surface area contributed by atoms with E-state index >= 15 is 0 Å². The van der Waals surface area contributed by atoms with Crippen molar-refractivity contribution in [2.45, 2.75) is 13.3 Å². The van der Waals surface area contributed by atoms with E-state index in [-0.39, 0.29) is 31.0 Å². The SMILES string of the molecule is CCOC(=O)c1cc(OC)ccc1N1CC(C(=O)OC)CC1=O. The maximum atomic E-state index is 12.2. The van der Waals surface area contributed by atoms with Crippen LogP contribution in [0.3, 0.4) is 0 Å². The molecule has 1 saturated heterocycles. The van der Waals surface area contributed by atoms with Crippen LogP contribution in [0.2, 0.25) is 0 Å². The fourth-order valence-corrected chi connectivity index (χ4v) is 2.51. The molecule has 0 N–H and O–H groups in total. The number of nitrogens with zero attached hydrogens (tertiary/aromatic N) is 1. The lowest BCUT2D eigenvalue weighted by molar-refractivity contribution is -0.145. The first kappa shape index (κ1) is 16.8. The molecule has 1 amide bonds. The van der Waals surface area contributed by atoms with Crippen molar-refractivity contribution in [3.8, 4) is 5.75 Å². The summed E-state index contributed by atoms with van der Waals surface area (Å²) in [5, 5.41) is 0. The molecule has 1 fully saturated rings. The minimum absolute atomic E-state index is 0.0565. The summed E-state index contributed by atoms with van der Waals surface area (Å²) in [5.41, 5.74) is 0.630. The Balaban J connectivity index is 2.36. The van der Waals surface area contributed by atoms with Crippen LogP contribution in [0.4, 0.5) is 5.69 Å². The molecule has 7 nitrogen and oxygen atoms in total. The Hall–Kier alpha value is -2.57. The number of esters is 2. The highest BCUT2D eigenvalue weighted by Gasteiger charge is 2.37. The molecular weight excluding hydrogens is 302 g/mol. The fraction of sp³-hybridized carbons (Fsp3) is 0.438.